The molecule has 2 aromatic rings. The molecule has 0 saturated heterocycles. The first-order valence-corrected chi connectivity index (χ1v) is 6.46. The lowest BCUT2D eigenvalue weighted by molar-refractivity contribution is 0.820. The van der Waals surface area contributed by atoms with E-state index in [1.54, 1.807) is 11.3 Å². The summed E-state index contributed by atoms with van der Waals surface area (Å²) in [5.74, 6) is 0. The van der Waals surface area contributed by atoms with Crippen LogP contribution in [-0.2, 0) is 6.54 Å². The first-order chi connectivity index (χ1) is 7.70. The number of thiophene rings is 1. The van der Waals surface area contributed by atoms with Crippen molar-refractivity contribution in [3.63, 3.8) is 0 Å². The predicted molar refractivity (Wildman–Crippen MR) is 72.5 cm³/mol. The van der Waals surface area contributed by atoms with E-state index in [0.29, 0.717) is 0 Å². The van der Waals surface area contributed by atoms with E-state index in [1.165, 1.54) is 16.0 Å². The van der Waals surface area contributed by atoms with Gasteiger partial charge in [0.2, 0.25) is 0 Å². The molecule has 0 fully saturated rings. The summed E-state index contributed by atoms with van der Waals surface area (Å²) in [5, 5.41) is 3.90. The molecule has 0 saturated carbocycles. The lowest BCUT2D eigenvalue weighted by Gasteiger charge is -2.07. The van der Waals surface area contributed by atoms with Crippen LogP contribution < -0.4 is 5.32 Å². The molecule has 1 heterocycles. The normalized spacial score (nSPS) is 10.7. The van der Waals surface area contributed by atoms with Crippen LogP contribution in [0.1, 0.15) is 5.56 Å². The Hall–Kier alpha value is -0.540. The van der Waals surface area contributed by atoms with Crippen molar-refractivity contribution in [1.82, 2.24) is 5.32 Å². The summed E-state index contributed by atoms with van der Waals surface area (Å²) in [6.07, 6.45) is 0. The van der Waals surface area contributed by atoms with E-state index in [0.717, 1.165) is 15.9 Å². The Morgan fingerprint density at radius 1 is 1.19 bits per heavy atom. The fraction of sp³-hybridized carbons (Fsp3) is 0.167. The van der Waals surface area contributed by atoms with E-state index in [9.17, 15) is 0 Å². The average Bonchev–Trinajstić information content (AvgIpc) is 2.65. The number of benzene rings is 1. The molecule has 1 aromatic carbocycles. The summed E-state index contributed by atoms with van der Waals surface area (Å²) < 4.78 is 0.806. The maximum atomic E-state index is 5.99. The second kappa shape index (κ2) is 5.19. The van der Waals surface area contributed by atoms with E-state index < -0.39 is 0 Å². The fourth-order valence-electron chi connectivity index (χ4n) is 1.60. The van der Waals surface area contributed by atoms with Crippen molar-refractivity contribution >= 4 is 34.5 Å². The second-order valence-electron chi connectivity index (χ2n) is 3.44. The Morgan fingerprint density at radius 2 is 2.00 bits per heavy atom. The molecule has 0 unspecified atom stereocenters. The van der Waals surface area contributed by atoms with Crippen LogP contribution in [0.15, 0.2) is 30.3 Å². The molecule has 0 aliphatic carbocycles. The van der Waals surface area contributed by atoms with Gasteiger partial charge in [-0.15, -0.1) is 11.3 Å². The van der Waals surface area contributed by atoms with Crippen molar-refractivity contribution < 1.29 is 0 Å². The molecule has 1 nitrogen and oxygen atoms in total. The highest BCUT2D eigenvalue weighted by molar-refractivity contribution is 7.19. The van der Waals surface area contributed by atoms with Gasteiger partial charge in [0.15, 0.2) is 0 Å². The van der Waals surface area contributed by atoms with E-state index in [1.807, 2.05) is 37.4 Å². The van der Waals surface area contributed by atoms with Gasteiger partial charge in [-0.05, 0) is 42.4 Å². The Morgan fingerprint density at radius 3 is 2.62 bits per heavy atom. The molecule has 0 radical (unpaired) electrons. The summed E-state index contributed by atoms with van der Waals surface area (Å²) >= 11 is 13.5. The third-order valence-corrected chi connectivity index (χ3v) is 3.77. The second-order valence-corrected chi connectivity index (χ2v) is 5.59. The molecule has 1 aromatic heterocycles. The van der Waals surface area contributed by atoms with Gasteiger partial charge < -0.3 is 5.32 Å². The quantitative estimate of drug-likeness (QED) is 0.870. The summed E-state index contributed by atoms with van der Waals surface area (Å²) in [6, 6.07) is 9.89. The highest BCUT2D eigenvalue weighted by atomic mass is 35.5. The van der Waals surface area contributed by atoms with Crippen LogP contribution in [0.3, 0.4) is 0 Å². The van der Waals surface area contributed by atoms with Gasteiger partial charge in [-0.25, -0.2) is 0 Å². The minimum atomic E-state index is 0.761. The molecule has 0 spiro atoms. The molecule has 0 aliphatic rings. The van der Waals surface area contributed by atoms with Crippen molar-refractivity contribution in [3.8, 4) is 10.4 Å². The smallest absolute Gasteiger partial charge is 0.0934 e. The predicted octanol–water partition coefficient (Wildman–Crippen LogP) is 4.44. The summed E-state index contributed by atoms with van der Waals surface area (Å²) in [5.41, 5.74) is 2.38. The minimum absolute atomic E-state index is 0.761. The molecule has 4 heteroatoms. The monoisotopic (exact) mass is 271 g/mol. The number of hydrogen-bond donors (Lipinski definition) is 1. The zero-order valence-electron chi connectivity index (χ0n) is 8.76. The number of rotatable bonds is 3. The minimum Gasteiger partial charge on any atom is -0.316 e. The van der Waals surface area contributed by atoms with E-state index in [4.69, 9.17) is 23.2 Å². The topological polar surface area (TPSA) is 12.0 Å². The summed E-state index contributed by atoms with van der Waals surface area (Å²) in [7, 11) is 1.92. The lowest BCUT2D eigenvalue weighted by Crippen LogP contribution is -2.06. The number of hydrogen-bond acceptors (Lipinski definition) is 2. The molecule has 84 valence electrons. The standard InChI is InChI=1S/C12H11Cl2NS/c1-15-7-8-6-9(13)2-3-10(8)11-4-5-12(14)16-11/h2-6,15H,7H2,1H3. The summed E-state index contributed by atoms with van der Waals surface area (Å²) in [6.45, 7) is 0.797. The van der Waals surface area contributed by atoms with E-state index >= 15 is 0 Å². The van der Waals surface area contributed by atoms with Gasteiger partial charge in [0, 0.05) is 16.4 Å². The SMILES string of the molecule is CNCc1cc(Cl)ccc1-c1ccc(Cl)s1. The van der Waals surface area contributed by atoms with Gasteiger partial charge in [0.1, 0.15) is 0 Å². The van der Waals surface area contributed by atoms with Crippen LogP contribution in [-0.4, -0.2) is 7.05 Å². The molecule has 0 amide bonds. The molecular formula is C12H11Cl2NS. The van der Waals surface area contributed by atoms with Gasteiger partial charge >= 0.3 is 0 Å². The van der Waals surface area contributed by atoms with Crippen molar-refractivity contribution in [2.75, 3.05) is 7.05 Å². The maximum Gasteiger partial charge on any atom is 0.0934 e. The van der Waals surface area contributed by atoms with Crippen LogP contribution in [0.5, 0.6) is 0 Å². The van der Waals surface area contributed by atoms with Crippen LogP contribution in [0, 0.1) is 0 Å². The van der Waals surface area contributed by atoms with Gasteiger partial charge in [-0.2, -0.15) is 0 Å². The average molecular weight is 272 g/mol. The zero-order valence-corrected chi connectivity index (χ0v) is 11.1. The molecule has 0 aliphatic heterocycles. The lowest BCUT2D eigenvalue weighted by atomic mass is 10.1. The Bertz CT molecular complexity index is 494. The number of nitrogens with one attached hydrogen (secondary N) is 1. The van der Waals surface area contributed by atoms with Gasteiger partial charge in [0.25, 0.3) is 0 Å². The molecule has 2 rings (SSSR count). The van der Waals surface area contributed by atoms with Crippen LogP contribution in [0.4, 0.5) is 0 Å². The summed E-state index contributed by atoms with van der Waals surface area (Å²) in [4.78, 5) is 1.17. The van der Waals surface area contributed by atoms with E-state index in [-0.39, 0.29) is 0 Å². The van der Waals surface area contributed by atoms with Crippen molar-refractivity contribution in [1.29, 1.82) is 0 Å². The van der Waals surface area contributed by atoms with Crippen LogP contribution in [0.25, 0.3) is 10.4 Å². The number of halogens is 2. The van der Waals surface area contributed by atoms with Crippen LogP contribution >= 0.6 is 34.5 Å². The third kappa shape index (κ3) is 2.58. The largest absolute Gasteiger partial charge is 0.316 e. The molecule has 16 heavy (non-hydrogen) atoms. The molecular weight excluding hydrogens is 261 g/mol. The highest BCUT2D eigenvalue weighted by Crippen LogP contribution is 2.34. The zero-order chi connectivity index (χ0) is 11.5. The van der Waals surface area contributed by atoms with Crippen molar-refractivity contribution in [2.24, 2.45) is 0 Å². The Labute approximate surface area is 109 Å². The van der Waals surface area contributed by atoms with Crippen LogP contribution in [0.2, 0.25) is 9.36 Å². The van der Waals surface area contributed by atoms with Crippen molar-refractivity contribution in [3.05, 3.63) is 45.3 Å². The van der Waals surface area contributed by atoms with Gasteiger partial charge in [-0.3, -0.25) is 0 Å². The molecule has 1 N–H and O–H groups in total. The molecule has 0 bridgehead atoms. The van der Waals surface area contributed by atoms with E-state index in [2.05, 4.69) is 5.32 Å². The van der Waals surface area contributed by atoms with Gasteiger partial charge in [-0.1, -0.05) is 29.3 Å². The maximum absolute atomic E-state index is 5.99. The fourth-order valence-corrected chi connectivity index (χ4v) is 2.90. The first kappa shape index (κ1) is 11.9. The first-order valence-electron chi connectivity index (χ1n) is 4.89. The Balaban J connectivity index is 2.47. The van der Waals surface area contributed by atoms with Crippen molar-refractivity contribution in [2.45, 2.75) is 6.54 Å². The highest BCUT2D eigenvalue weighted by Gasteiger charge is 2.07. The third-order valence-electron chi connectivity index (χ3n) is 2.27. The molecule has 0 atom stereocenters. The van der Waals surface area contributed by atoms with Gasteiger partial charge in [0.05, 0.1) is 4.34 Å². The Kier molecular flexibility index (Phi) is 3.87.